The third kappa shape index (κ3) is 7.96. The molecule has 48 heavy (non-hydrogen) atoms. The number of esters is 2. The number of rotatable bonds is 13. The number of carbonyl (C=O) groups excluding carboxylic acids is 2. The maximum absolute atomic E-state index is 13.6. The van der Waals surface area contributed by atoms with E-state index in [4.69, 9.17) is 42.1 Å². The highest BCUT2D eigenvalue weighted by atomic mass is 35.5. The highest BCUT2D eigenvalue weighted by Gasteiger charge is 2.38. The van der Waals surface area contributed by atoms with E-state index in [0.717, 1.165) is 42.9 Å². The van der Waals surface area contributed by atoms with Crippen LogP contribution < -0.4 is 19.8 Å². The van der Waals surface area contributed by atoms with Crippen molar-refractivity contribution in [1.82, 2.24) is 10.2 Å². The molecule has 0 amide bonds. The first-order valence-electron chi connectivity index (χ1n) is 15.9. The topological polar surface area (TPSA) is 100 Å². The van der Waals surface area contributed by atoms with Crippen LogP contribution in [0.2, 0.25) is 10.0 Å². The minimum absolute atomic E-state index is 0.0893. The van der Waals surface area contributed by atoms with Crippen molar-refractivity contribution in [3.8, 4) is 11.5 Å². The van der Waals surface area contributed by atoms with E-state index >= 15 is 0 Å². The molecule has 4 aromatic rings. The number of aromatic nitrogens is 1. The first-order valence-corrected chi connectivity index (χ1v) is 17.5. The Balaban J connectivity index is 1.17. The van der Waals surface area contributed by atoms with Gasteiger partial charge in [0.15, 0.2) is 23.9 Å². The first kappa shape index (κ1) is 34.2. The minimum Gasteiger partial charge on any atom is -0.493 e. The van der Waals surface area contributed by atoms with Gasteiger partial charge in [-0.05, 0) is 61.2 Å². The smallest absolute Gasteiger partial charge is 0.339 e. The third-order valence-electron chi connectivity index (χ3n) is 9.02. The summed E-state index contributed by atoms with van der Waals surface area (Å²) in [6, 6.07) is 16.1. The number of H-pyrrole nitrogens is 1. The third-order valence-corrected chi connectivity index (χ3v) is 10.6. The number of piperidine rings is 3. The van der Waals surface area contributed by atoms with E-state index in [1.165, 1.54) is 11.3 Å². The Morgan fingerprint density at radius 2 is 1.71 bits per heavy atom. The summed E-state index contributed by atoms with van der Waals surface area (Å²) in [6.45, 7) is 3.30. The maximum Gasteiger partial charge on any atom is 0.339 e. The number of ether oxygens (including phenoxy) is 4. The van der Waals surface area contributed by atoms with Gasteiger partial charge in [0.1, 0.15) is 28.3 Å². The van der Waals surface area contributed by atoms with Gasteiger partial charge in [-0.2, -0.15) is 0 Å². The second-order valence-corrected chi connectivity index (χ2v) is 13.8. The van der Waals surface area contributed by atoms with Crippen molar-refractivity contribution in [1.29, 1.82) is 0 Å². The molecular weight excluding hydrogens is 673 g/mol. The summed E-state index contributed by atoms with van der Waals surface area (Å²) < 4.78 is 23.1. The van der Waals surface area contributed by atoms with Crippen molar-refractivity contribution in [3.05, 3.63) is 110 Å². The molecule has 3 saturated heterocycles. The zero-order chi connectivity index (χ0) is 33.6. The quantitative estimate of drug-likeness (QED) is 0.157. The number of carbonyl (C=O) groups is 2. The summed E-state index contributed by atoms with van der Waals surface area (Å²) in [5, 5.41) is 5.99. The highest BCUT2D eigenvalue weighted by molar-refractivity contribution is 7.10. The molecule has 2 bridgehead atoms. The number of hydrogen-bond donors (Lipinski definition) is 1. The fourth-order valence-electron chi connectivity index (χ4n) is 6.36. The van der Waals surface area contributed by atoms with Crippen LogP contribution in [0.1, 0.15) is 56.9 Å². The molecule has 0 radical (unpaired) electrons. The van der Waals surface area contributed by atoms with E-state index in [2.05, 4.69) is 15.2 Å². The summed E-state index contributed by atoms with van der Waals surface area (Å²) in [6.07, 6.45) is 4.78. The van der Waals surface area contributed by atoms with Gasteiger partial charge in [-0.1, -0.05) is 59.6 Å². The van der Waals surface area contributed by atoms with Gasteiger partial charge in [0.2, 0.25) is 0 Å². The van der Waals surface area contributed by atoms with Crippen LogP contribution in [0.5, 0.6) is 11.5 Å². The molecule has 2 aromatic carbocycles. The van der Waals surface area contributed by atoms with E-state index in [-0.39, 0.29) is 18.5 Å². The van der Waals surface area contributed by atoms with Gasteiger partial charge in [0.05, 0.1) is 19.8 Å². The molecule has 3 atom stereocenters. The minimum atomic E-state index is -0.736. The lowest BCUT2D eigenvalue weighted by atomic mass is 9.86. The first-order chi connectivity index (χ1) is 23.3. The van der Waals surface area contributed by atoms with Crippen LogP contribution in [0, 0.1) is 5.92 Å². The van der Waals surface area contributed by atoms with Crippen molar-refractivity contribution in [3.63, 3.8) is 0 Å². The Morgan fingerprint density at radius 1 is 0.979 bits per heavy atom. The van der Waals surface area contributed by atoms with Crippen LogP contribution in [0.3, 0.4) is 0 Å². The number of hydrogen-bond acceptors (Lipinski definition) is 9. The number of nitrogens with zero attached hydrogens (tertiary/aromatic N) is 1. The van der Waals surface area contributed by atoms with Gasteiger partial charge in [-0.3, -0.25) is 10.2 Å². The molecule has 3 aliphatic heterocycles. The zero-order valence-electron chi connectivity index (χ0n) is 26.7. The SMILES string of the molecule is COc1ccc([C@H](Cc2c(Cl)c[nH+]cc2Cl)OC(=O)c2csc(CNC(C(=O)O[C@H]3CN4CCC3CC4)c3ccccc3)c2)cc1OC. The highest BCUT2D eigenvalue weighted by Crippen LogP contribution is 2.36. The molecule has 0 spiro atoms. The number of nitrogens with one attached hydrogen (secondary N) is 2. The van der Waals surface area contributed by atoms with Gasteiger partial charge in [0.25, 0.3) is 0 Å². The second kappa shape index (κ2) is 15.7. The Hall–Kier alpha value is -3.67. The van der Waals surface area contributed by atoms with Crippen molar-refractivity contribution in [2.45, 2.75) is 44.1 Å². The molecule has 5 heterocycles. The lowest BCUT2D eigenvalue weighted by Crippen LogP contribution is -2.52. The number of benzene rings is 2. The average Bonchev–Trinajstić information content (AvgIpc) is 3.59. The predicted molar refractivity (Wildman–Crippen MR) is 184 cm³/mol. The molecular formula is C36H38Cl2N3O6S+. The molecule has 1 unspecified atom stereocenters. The van der Waals surface area contributed by atoms with Gasteiger partial charge < -0.3 is 18.9 Å². The Bertz CT molecular complexity index is 1710. The summed E-state index contributed by atoms with van der Waals surface area (Å²) in [5.74, 6) is 0.668. The molecule has 3 aliphatic rings. The summed E-state index contributed by atoms with van der Waals surface area (Å²) in [5.41, 5.74) is 2.54. The van der Waals surface area contributed by atoms with E-state index in [9.17, 15) is 9.59 Å². The summed E-state index contributed by atoms with van der Waals surface area (Å²) in [4.78, 5) is 33.3. The average molecular weight is 712 g/mol. The number of aromatic amines is 1. The number of halogens is 2. The molecule has 12 heteroatoms. The van der Waals surface area contributed by atoms with Gasteiger partial charge in [0, 0.05) is 35.3 Å². The van der Waals surface area contributed by atoms with Crippen LogP contribution in [-0.2, 0) is 27.2 Å². The number of thiophene rings is 1. The van der Waals surface area contributed by atoms with Crippen LogP contribution >= 0.6 is 34.5 Å². The van der Waals surface area contributed by atoms with Gasteiger partial charge >= 0.3 is 11.9 Å². The number of fused-ring (bicyclic) bond motifs is 3. The molecule has 252 valence electrons. The predicted octanol–water partition coefficient (Wildman–Crippen LogP) is 6.50. The molecule has 0 aliphatic carbocycles. The van der Waals surface area contributed by atoms with Crippen LogP contribution in [0.15, 0.2) is 72.4 Å². The maximum atomic E-state index is 13.6. The summed E-state index contributed by atoms with van der Waals surface area (Å²) >= 11 is 14.4. The molecule has 7 rings (SSSR count). The normalized spacial score (nSPS) is 19.7. The largest absolute Gasteiger partial charge is 0.493 e. The van der Waals surface area contributed by atoms with E-state index in [1.54, 1.807) is 50.2 Å². The van der Waals surface area contributed by atoms with Crippen LogP contribution in [0.25, 0.3) is 0 Å². The van der Waals surface area contributed by atoms with E-state index < -0.39 is 18.1 Å². The molecule has 2 aromatic heterocycles. The van der Waals surface area contributed by atoms with Gasteiger partial charge in [-0.15, -0.1) is 11.3 Å². The second-order valence-electron chi connectivity index (χ2n) is 12.0. The molecule has 3 fully saturated rings. The van der Waals surface area contributed by atoms with Crippen molar-refractivity contribution < 1.29 is 33.5 Å². The van der Waals surface area contributed by atoms with Crippen LogP contribution in [-0.4, -0.2) is 56.8 Å². The van der Waals surface area contributed by atoms with Crippen molar-refractivity contribution in [2.75, 3.05) is 33.9 Å². The molecule has 0 saturated carbocycles. The fourth-order valence-corrected chi connectivity index (χ4v) is 7.70. The Morgan fingerprint density at radius 3 is 2.38 bits per heavy atom. The Labute approximate surface area is 294 Å². The van der Waals surface area contributed by atoms with Crippen molar-refractivity contribution in [2.24, 2.45) is 5.92 Å². The fraction of sp³-hybridized carbons (Fsp3) is 0.361. The zero-order valence-corrected chi connectivity index (χ0v) is 29.1. The number of pyridine rings is 1. The lowest BCUT2D eigenvalue weighted by Gasteiger charge is -2.44. The van der Waals surface area contributed by atoms with E-state index in [1.807, 2.05) is 36.4 Å². The molecule has 9 nitrogen and oxygen atoms in total. The van der Waals surface area contributed by atoms with Crippen LogP contribution in [0.4, 0.5) is 0 Å². The van der Waals surface area contributed by atoms with Gasteiger partial charge in [-0.25, -0.2) is 14.6 Å². The lowest BCUT2D eigenvalue weighted by molar-refractivity contribution is -0.377. The molecule has 2 N–H and O–H groups in total. The summed E-state index contributed by atoms with van der Waals surface area (Å²) in [7, 11) is 3.10. The standard InChI is InChI=1S/C36H37Cl2N3O6S/c1-44-30-9-8-24(15-32(30)45-2)31(16-27-28(37)18-39-19-29(27)38)46-35(42)25-14-26(48-21-25)17-40-34(23-6-4-3-5-7-23)36(43)47-33-20-41-12-10-22(33)11-13-41/h3-9,14-15,18-19,21-22,31,33-34,40H,10-13,16-17,20H2,1-2H3/p+1/t31-,33-,34?/m0/s1. The Kier molecular flexibility index (Phi) is 11.2. The van der Waals surface area contributed by atoms with Crippen molar-refractivity contribution >= 4 is 46.5 Å². The number of methoxy groups -OCH3 is 2. The van der Waals surface area contributed by atoms with E-state index in [0.29, 0.717) is 50.7 Å². The monoisotopic (exact) mass is 710 g/mol.